The summed E-state index contributed by atoms with van der Waals surface area (Å²) < 4.78 is 26.3. The molecule has 0 aromatic heterocycles. The molecule has 1 fully saturated rings. The molecule has 1 aromatic carbocycles. The van der Waals surface area contributed by atoms with Crippen LogP contribution in [-0.2, 0) is 14.8 Å². The third-order valence-electron chi connectivity index (χ3n) is 2.99. The molecule has 1 amide bonds. The molecule has 1 aliphatic heterocycles. The molecule has 104 valence electrons. The second-order valence-electron chi connectivity index (χ2n) is 4.31. The summed E-state index contributed by atoms with van der Waals surface area (Å²) in [4.78, 5) is 11.4. The average molecular weight is 349 g/mol. The lowest BCUT2D eigenvalue weighted by atomic mass is 10.2. The fourth-order valence-electron chi connectivity index (χ4n) is 2.09. The van der Waals surface area contributed by atoms with Gasteiger partial charge in [-0.05, 0) is 28.1 Å². The molecule has 0 bridgehead atoms. The summed E-state index contributed by atoms with van der Waals surface area (Å²) >= 11 is 3.17. The predicted molar refractivity (Wildman–Crippen MR) is 71.6 cm³/mol. The Labute approximate surface area is 119 Å². The summed E-state index contributed by atoms with van der Waals surface area (Å²) in [7, 11) is -3.87. The molecule has 1 aromatic rings. The highest BCUT2D eigenvalue weighted by Gasteiger charge is 2.43. The monoisotopic (exact) mass is 348 g/mol. The van der Waals surface area contributed by atoms with Gasteiger partial charge in [-0.25, -0.2) is 8.42 Å². The van der Waals surface area contributed by atoms with E-state index in [1.54, 1.807) is 18.2 Å². The van der Waals surface area contributed by atoms with E-state index in [1.165, 1.54) is 6.07 Å². The van der Waals surface area contributed by atoms with Gasteiger partial charge in [-0.3, -0.25) is 4.79 Å². The summed E-state index contributed by atoms with van der Waals surface area (Å²) in [6, 6.07) is 5.30. The third-order valence-corrected chi connectivity index (χ3v) is 5.87. The van der Waals surface area contributed by atoms with E-state index in [0.717, 1.165) is 4.31 Å². The van der Waals surface area contributed by atoms with Crippen LogP contribution in [0.3, 0.4) is 0 Å². The van der Waals surface area contributed by atoms with Gasteiger partial charge >= 0.3 is 0 Å². The minimum absolute atomic E-state index is 0.0268. The number of halogens is 1. The summed E-state index contributed by atoms with van der Waals surface area (Å²) in [5.74, 6) is -0.757. The molecule has 2 atom stereocenters. The number of β-amino-alcohol motifs (C(OH)–C–C–N with tert-alkyl or cyclic N) is 1. The number of aliphatic hydroxyl groups is 1. The molecule has 0 spiro atoms. The van der Waals surface area contributed by atoms with Crippen LogP contribution in [0.25, 0.3) is 0 Å². The van der Waals surface area contributed by atoms with Crippen LogP contribution in [0.5, 0.6) is 0 Å². The number of nitrogens with two attached hydrogens (primary N) is 1. The lowest BCUT2D eigenvalue weighted by Crippen LogP contribution is -2.43. The van der Waals surface area contributed by atoms with Crippen LogP contribution < -0.4 is 5.73 Å². The van der Waals surface area contributed by atoms with Crippen LogP contribution in [0, 0.1) is 0 Å². The molecule has 0 aliphatic carbocycles. The molecule has 0 saturated carbocycles. The van der Waals surface area contributed by atoms with Crippen molar-refractivity contribution in [3.05, 3.63) is 28.7 Å². The zero-order valence-corrected chi connectivity index (χ0v) is 12.3. The molecule has 3 N–H and O–H groups in total. The minimum atomic E-state index is -3.87. The van der Waals surface area contributed by atoms with Crippen LogP contribution in [0.15, 0.2) is 33.6 Å². The number of sulfonamides is 1. The Morgan fingerprint density at radius 2 is 2.05 bits per heavy atom. The van der Waals surface area contributed by atoms with Crippen molar-refractivity contribution in [3.63, 3.8) is 0 Å². The lowest BCUT2D eigenvalue weighted by molar-refractivity contribution is -0.121. The quantitative estimate of drug-likeness (QED) is 0.806. The second kappa shape index (κ2) is 5.20. The van der Waals surface area contributed by atoms with Crippen molar-refractivity contribution in [2.24, 2.45) is 5.73 Å². The van der Waals surface area contributed by atoms with E-state index in [4.69, 9.17) is 5.73 Å². The topological polar surface area (TPSA) is 101 Å². The highest BCUT2D eigenvalue weighted by molar-refractivity contribution is 9.10. The molecular formula is C11H13BrN2O4S. The minimum Gasteiger partial charge on any atom is -0.392 e. The van der Waals surface area contributed by atoms with Crippen LogP contribution in [0.4, 0.5) is 0 Å². The maximum atomic E-state index is 12.5. The molecule has 1 heterocycles. The number of nitrogens with zero attached hydrogens (tertiary/aromatic N) is 1. The fourth-order valence-corrected chi connectivity index (χ4v) is 4.70. The first kappa shape index (κ1) is 14.4. The fraction of sp³-hybridized carbons (Fsp3) is 0.364. The predicted octanol–water partition coefficient (Wildman–Crippen LogP) is 0.0583. The van der Waals surface area contributed by atoms with Crippen molar-refractivity contribution >= 4 is 31.9 Å². The van der Waals surface area contributed by atoms with Crippen molar-refractivity contribution in [2.45, 2.75) is 23.5 Å². The number of benzene rings is 1. The van der Waals surface area contributed by atoms with Gasteiger partial charge in [0.1, 0.15) is 6.04 Å². The highest BCUT2D eigenvalue weighted by Crippen LogP contribution is 2.30. The molecule has 2 rings (SSSR count). The van der Waals surface area contributed by atoms with Crippen molar-refractivity contribution in [1.82, 2.24) is 4.31 Å². The van der Waals surface area contributed by atoms with Gasteiger partial charge in [0.25, 0.3) is 0 Å². The summed E-state index contributed by atoms with van der Waals surface area (Å²) in [5.41, 5.74) is 5.20. The Kier molecular flexibility index (Phi) is 3.95. The van der Waals surface area contributed by atoms with E-state index < -0.39 is 28.1 Å². The largest absolute Gasteiger partial charge is 0.392 e. The first-order valence-electron chi connectivity index (χ1n) is 5.58. The molecular weight excluding hydrogens is 336 g/mol. The van der Waals surface area contributed by atoms with Crippen molar-refractivity contribution in [2.75, 3.05) is 6.54 Å². The van der Waals surface area contributed by atoms with E-state index >= 15 is 0 Å². The molecule has 19 heavy (non-hydrogen) atoms. The Bertz CT molecular complexity index is 604. The van der Waals surface area contributed by atoms with Gasteiger partial charge in [0.05, 0.1) is 11.0 Å². The molecule has 1 saturated heterocycles. The number of carbonyl (C=O) groups excluding carboxylic acids is 1. The Hall–Kier alpha value is -0.960. The van der Waals surface area contributed by atoms with Gasteiger partial charge in [-0.15, -0.1) is 0 Å². The normalized spacial score (nSPS) is 24.5. The number of amides is 1. The SMILES string of the molecule is NC(=O)C1CC(O)CN1S(=O)(=O)c1ccccc1Br. The van der Waals surface area contributed by atoms with Crippen LogP contribution in [0.1, 0.15) is 6.42 Å². The first-order chi connectivity index (χ1) is 8.84. The smallest absolute Gasteiger partial charge is 0.245 e. The molecule has 2 unspecified atom stereocenters. The van der Waals surface area contributed by atoms with Crippen molar-refractivity contribution < 1.29 is 18.3 Å². The van der Waals surface area contributed by atoms with Gasteiger partial charge in [-0.1, -0.05) is 12.1 Å². The number of rotatable bonds is 3. The standard InChI is InChI=1S/C11H13BrN2O4S/c12-8-3-1-2-4-10(8)19(17,18)14-6-7(15)5-9(14)11(13)16/h1-4,7,9,15H,5-6H2,(H2,13,16). The Morgan fingerprint density at radius 1 is 1.42 bits per heavy atom. The van der Waals surface area contributed by atoms with Gasteiger partial charge in [0.2, 0.25) is 15.9 Å². The van der Waals surface area contributed by atoms with Crippen LogP contribution in [-0.4, -0.2) is 42.4 Å². The Morgan fingerprint density at radius 3 is 2.63 bits per heavy atom. The number of hydrogen-bond acceptors (Lipinski definition) is 4. The molecule has 8 heteroatoms. The summed E-state index contributed by atoms with van der Waals surface area (Å²) in [5, 5.41) is 9.57. The van der Waals surface area contributed by atoms with Crippen LogP contribution >= 0.6 is 15.9 Å². The van der Waals surface area contributed by atoms with Crippen molar-refractivity contribution in [1.29, 1.82) is 0 Å². The van der Waals surface area contributed by atoms with E-state index in [1.807, 2.05) is 0 Å². The molecule has 0 radical (unpaired) electrons. The van der Waals surface area contributed by atoms with Gasteiger partial charge in [0, 0.05) is 17.4 Å². The molecule has 6 nitrogen and oxygen atoms in total. The van der Waals surface area contributed by atoms with Crippen molar-refractivity contribution in [3.8, 4) is 0 Å². The zero-order valence-electron chi connectivity index (χ0n) is 9.86. The Balaban J connectivity index is 2.45. The average Bonchev–Trinajstić information content (AvgIpc) is 2.72. The summed E-state index contributed by atoms with van der Waals surface area (Å²) in [6.07, 6.45) is -0.853. The number of hydrogen-bond donors (Lipinski definition) is 2. The van der Waals surface area contributed by atoms with E-state index in [0.29, 0.717) is 4.47 Å². The van der Waals surface area contributed by atoms with Gasteiger partial charge in [0.15, 0.2) is 0 Å². The molecule has 1 aliphatic rings. The van der Waals surface area contributed by atoms with Gasteiger partial charge < -0.3 is 10.8 Å². The highest BCUT2D eigenvalue weighted by atomic mass is 79.9. The van der Waals surface area contributed by atoms with E-state index in [2.05, 4.69) is 15.9 Å². The zero-order chi connectivity index (χ0) is 14.2. The van der Waals surface area contributed by atoms with E-state index in [9.17, 15) is 18.3 Å². The second-order valence-corrected chi connectivity index (χ2v) is 7.03. The van der Waals surface area contributed by atoms with Gasteiger partial charge in [-0.2, -0.15) is 4.31 Å². The first-order valence-corrected chi connectivity index (χ1v) is 7.81. The maximum absolute atomic E-state index is 12.5. The summed E-state index contributed by atoms with van der Waals surface area (Å²) in [6.45, 7) is -0.128. The third kappa shape index (κ3) is 2.66. The van der Waals surface area contributed by atoms with Crippen LogP contribution in [0.2, 0.25) is 0 Å². The maximum Gasteiger partial charge on any atom is 0.245 e. The number of primary amides is 1. The number of aliphatic hydroxyl groups excluding tert-OH is 1. The van der Waals surface area contributed by atoms with E-state index in [-0.39, 0.29) is 17.9 Å². The number of carbonyl (C=O) groups is 1. The lowest BCUT2D eigenvalue weighted by Gasteiger charge is -2.21.